The minimum absolute atomic E-state index is 0.151. The van der Waals surface area contributed by atoms with Gasteiger partial charge >= 0.3 is 0 Å². The van der Waals surface area contributed by atoms with Gasteiger partial charge in [0.1, 0.15) is 0 Å². The number of nitrogens with zero attached hydrogens (tertiary/aromatic N) is 2. The Morgan fingerprint density at radius 3 is 1.90 bits per heavy atom. The predicted molar refractivity (Wildman–Crippen MR) is 86.7 cm³/mol. The summed E-state index contributed by atoms with van der Waals surface area (Å²) >= 11 is 0. The lowest BCUT2D eigenvalue weighted by molar-refractivity contribution is 0.0985. The van der Waals surface area contributed by atoms with E-state index < -0.39 is 0 Å². The van der Waals surface area contributed by atoms with Crippen molar-refractivity contribution in [1.29, 1.82) is 0 Å². The number of hydrogen-bond acceptors (Lipinski definition) is 3. The molecule has 3 nitrogen and oxygen atoms in total. The second kappa shape index (κ2) is 7.39. The van der Waals surface area contributed by atoms with Crippen LogP contribution < -0.4 is 0 Å². The van der Waals surface area contributed by atoms with Gasteiger partial charge in [0.15, 0.2) is 5.78 Å². The summed E-state index contributed by atoms with van der Waals surface area (Å²) < 4.78 is 0. The molecule has 0 amide bonds. The Hall–Kier alpha value is -2.42. The number of Topliss-reactive ketones (excluding diaryl/α,β-unsaturated/α-hetero) is 1. The number of benzene rings is 2. The normalized spacial score (nSPS) is 11.2. The van der Waals surface area contributed by atoms with Crippen LogP contribution in [-0.4, -0.2) is 30.6 Å². The lowest BCUT2D eigenvalue weighted by Crippen LogP contribution is -2.12. The number of hydrazone groups is 1. The summed E-state index contributed by atoms with van der Waals surface area (Å²) in [5.41, 5.74) is 2.76. The minimum atomic E-state index is 0.151. The Morgan fingerprint density at radius 1 is 0.857 bits per heavy atom. The van der Waals surface area contributed by atoms with Crippen molar-refractivity contribution in [1.82, 2.24) is 5.01 Å². The zero-order valence-electron chi connectivity index (χ0n) is 12.5. The lowest BCUT2D eigenvalue weighted by atomic mass is 10.0. The van der Waals surface area contributed by atoms with Crippen molar-refractivity contribution < 1.29 is 4.79 Å². The molecular weight excluding hydrogens is 260 g/mol. The molecule has 0 fully saturated rings. The summed E-state index contributed by atoms with van der Waals surface area (Å²) in [4.78, 5) is 12.2. The molecule has 0 saturated heterocycles. The first kappa shape index (κ1) is 15.0. The summed E-state index contributed by atoms with van der Waals surface area (Å²) in [5.74, 6) is 0.151. The zero-order valence-corrected chi connectivity index (χ0v) is 12.5. The monoisotopic (exact) mass is 280 g/mol. The van der Waals surface area contributed by atoms with Gasteiger partial charge in [-0.3, -0.25) is 4.79 Å². The first-order valence-corrected chi connectivity index (χ1v) is 7.05. The van der Waals surface area contributed by atoms with Gasteiger partial charge in [0, 0.05) is 26.1 Å². The predicted octanol–water partition coefficient (Wildman–Crippen LogP) is 3.62. The van der Waals surface area contributed by atoms with E-state index in [0.29, 0.717) is 12.8 Å². The molecule has 0 bridgehead atoms. The molecule has 0 aliphatic rings. The van der Waals surface area contributed by atoms with E-state index in [4.69, 9.17) is 0 Å². The van der Waals surface area contributed by atoms with Crippen molar-refractivity contribution in [2.24, 2.45) is 5.10 Å². The van der Waals surface area contributed by atoms with E-state index in [1.165, 1.54) is 0 Å². The molecule has 0 unspecified atom stereocenters. The summed E-state index contributed by atoms with van der Waals surface area (Å²) in [7, 11) is 3.78. The third-order valence-corrected chi connectivity index (χ3v) is 3.11. The first-order valence-electron chi connectivity index (χ1n) is 7.05. The topological polar surface area (TPSA) is 32.7 Å². The minimum Gasteiger partial charge on any atom is -0.303 e. The maximum absolute atomic E-state index is 12.2. The third-order valence-electron chi connectivity index (χ3n) is 3.11. The van der Waals surface area contributed by atoms with E-state index in [-0.39, 0.29) is 5.78 Å². The fourth-order valence-corrected chi connectivity index (χ4v) is 2.12. The van der Waals surface area contributed by atoms with Gasteiger partial charge in [-0.15, -0.1) is 0 Å². The molecule has 0 N–H and O–H groups in total. The van der Waals surface area contributed by atoms with Crippen molar-refractivity contribution >= 4 is 11.5 Å². The van der Waals surface area contributed by atoms with Crippen LogP contribution in [0.15, 0.2) is 65.8 Å². The van der Waals surface area contributed by atoms with Crippen molar-refractivity contribution in [3.63, 3.8) is 0 Å². The third kappa shape index (κ3) is 4.56. The second-order valence-corrected chi connectivity index (χ2v) is 5.05. The van der Waals surface area contributed by atoms with Gasteiger partial charge in [0.25, 0.3) is 0 Å². The Balaban J connectivity index is 2.09. The van der Waals surface area contributed by atoms with Crippen LogP contribution in [0.1, 0.15) is 28.8 Å². The van der Waals surface area contributed by atoms with Gasteiger partial charge in [0.05, 0.1) is 5.71 Å². The molecule has 108 valence electrons. The molecule has 0 radical (unpaired) electrons. The summed E-state index contributed by atoms with van der Waals surface area (Å²) in [5, 5.41) is 6.28. The fraction of sp³-hybridized carbons (Fsp3) is 0.222. The summed E-state index contributed by atoms with van der Waals surface area (Å²) in [6.45, 7) is 0. The van der Waals surface area contributed by atoms with Gasteiger partial charge in [-0.05, 0) is 12.0 Å². The molecule has 0 aromatic heterocycles. The van der Waals surface area contributed by atoms with Crippen LogP contribution in [0.2, 0.25) is 0 Å². The summed E-state index contributed by atoms with van der Waals surface area (Å²) in [6, 6.07) is 19.4. The molecule has 0 saturated carbocycles. The van der Waals surface area contributed by atoms with Crippen LogP contribution in [0.3, 0.4) is 0 Å². The maximum Gasteiger partial charge on any atom is 0.163 e. The van der Waals surface area contributed by atoms with E-state index >= 15 is 0 Å². The molecular formula is C18H20N2O. The molecule has 21 heavy (non-hydrogen) atoms. The van der Waals surface area contributed by atoms with Crippen LogP contribution in [0.25, 0.3) is 0 Å². The molecule has 0 heterocycles. The van der Waals surface area contributed by atoms with Crippen molar-refractivity contribution in [2.45, 2.75) is 12.8 Å². The highest BCUT2D eigenvalue weighted by molar-refractivity contribution is 6.04. The fourth-order valence-electron chi connectivity index (χ4n) is 2.12. The van der Waals surface area contributed by atoms with E-state index in [1.54, 1.807) is 5.01 Å². The molecule has 2 aromatic rings. The molecule has 0 aliphatic heterocycles. The van der Waals surface area contributed by atoms with E-state index in [1.807, 2.05) is 74.8 Å². The molecule has 0 spiro atoms. The number of rotatable bonds is 6. The van der Waals surface area contributed by atoms with Gasteiger partial charge in [0.2, 0.25) is 0 Å². The van der Waals surface area contributed by atoms with Gasteiger partial charge < -0.3 is 5.01 Å². The zero-order chi connectivity index (χ0) is 15.1. The highest BCUT2D eigenvalue weighted by atomic mass is 16.1. The van der Waals surface area contributed by atoms with Crippen molar-refractivity contribution in [3.05, 3.63) is 71.8 Å². The Bertz CT molecular complexity index is 604. The standard InChI is InChI=1S/C18H20N2O/c1-20(2)19-17(15-9-5-3-6-10-15)13-14-18(21)16-11-7-4-8-12-16/h3-12H,13-14H2,1-2H3. The number of carbonyl (C=O) groups is 1. The van der Waals surface area contributed by atoms with Gasteiger partial charge in [-0.1, -0.05) is 60.7 Å². The second-order valence-electron chi connectivity index (χ2n) is 5.05. The van der Waals surface area contributed by atoms with Crippen LogP contribution in [0.5, 0.6) is 0 Å². The average Bonchev–Trinajstić information content (AvgIpc) is 2.52. The Labute approximate surface area is 125 Å². The lowest BCUT2D eigenvalue weighted by Gasteiger charge is -2.11. The molecule has 0 aliphatic carbocycles. The van der Waals surface area contributed by atoms with Crippen molar-refractivity contribution in [2.75, 3.05) is 14.1 Å². The van der Waals surface area contributed by atoms with Gasteiger partial charge in [-0.2, -0.15) is 5.10 Å². The molecule has 0 atom stereocenters. The van der Waals surface area contributed by atoms with E-state index in [2.05, 4.69) is 5.10 Å². The maximum atomic E-state index is 12.2. The highest BCUT2D eigenvalue weighted by Crippen LogP contribution is 2.11. The quantitative estimate of drug-likeness (QED) is 0.460. The Kier molecular flexibility index (Phi) is 5.27. The van der Waals surface area contributed by atoms with Gasteiger partial charge in [-0.25, -0.2) is 0 Å². The molecule has 3 heteroatoms. The number of ketones is 1. The highest BCUT2D eigenvalue weighted by Gasteiger charge is 2.10. The molecule has 2 rings (SSSR count). The summed E-state index contributed by atoms with van der Waals surface area (Å²) in [6.07, 6.45) is 1.10. The first-order chi connectivity index (χ1) is 10.2. The van der Waals surface area contributed by atoms with E-state index in [0.717, 1.165) is 16.8 Å². The van der Waals surface area contributed by atoms with Crippen LogP contribution >= 0.6 is 0 Å². The van der Waals surface area contributed by atoms with Crippen LogP contribution in [0.4, 0.5) is 0 Å². The SMILES string of the molecule is CN(C)N=C(CCC(=O)c1ccccc1)c1ccccc1. The van der Waals surface area contributed by atoms with Crippen molar-refractivity contribution in [3.8, 4) is 0 Å². The van der Waals surface area contributed by atoms with Crippen LogP contribution in [0, 0.1) is 0 Å². The number of hydrogen-bond donors (Lipinski definition) is 0. The smallest absolute Gasteiger partial charge is 0.163 e. The average molecular weight is 280 g/mol. The van der Waals surface area contributed by atoms with Crippen LogP contribution in [-0.2, 0) is 0 Å². The number of carbonyl (C=O) groups excluding carboxylic acids is 1. The largest absolute Gasteiger partial charge is 0.303 e. The van der Waals surface area contributed by atoms with E-state index in [9.17, 15) is 4.79 Å². The Morgan fingerprint density at radius 2 is 1.38 bits per heavy atom. The molecule has 2 aromatic carbocycles.